The van der Waals surface area contributed by atoms with Crippen LogP contribution in [0.15, 0.2) is 0 Å². The van der Waals surface area contributed by atoms with Crippen molar-refractivity contribution in [3.8, 4) is 0 Å². The second kappa shape index (κ2) is 18.4. The van der Waals surface area contributed by atoms with E-state index in [2.05, 4.69) is 18.8 Å². The fraction of sp³-hybridized carbons (Fsp3) is 0.875. The number of carboxylic acids is 1. The van der Waals surface area contributed by atoms with Gasteiger partial charge in [0.1, 0.15) is 0 Å². The van der Waals surface area contributed by atoms with Gasteiger partial charge in [0.25, 0.3) is 0 Å². The molecule has 0 rings (SSSR count). The average molecular weight is 288 g/mol. The molecule has 0 fully saturated rings. The number of rotatable bonds is 6. The van der Waals surface area contributed by atoms with Crippen LogP contribution in [-0.4, -0.2) is 15.7 Å². The van der Waals surface area contributed by atoms with Crippen molar-refractivity contribution in [3.05, 3.63) is 0 Å². The van der Waals surface area contributed by atoms with E-state index in [1.54, 1.807) is 0 Å². The Morgan fingerprint density at radius 2 is 1.62 bits per heavy atom. The van der Waals surface area contributed by atoms with E-state index in [0.29, 0.717) is 6.42 Å². The fourth-order valence-electron chi connectivity index (χ4n) is 0.880. The molecule has 5 heteroatoms. The zero-order valence-corrected chi connectivity index (χ0v) is 11.1. The zero-order chi connectivity index (χ0) is 9.82. The van der Waals surface area contributed by atoms with Crippen LogP contribution in [0, 0.1) is 0 Å². The molecule has 0 aromatic heterocycles. The first-order chi connectivity index (χ1) is 5.77. The molecule has 0 aliphatic rings. The van der Waals surface area contributed by atoms with Crippen molar-refractivity contribution < 1.29 is 40.8 Å². The van der Waals surface area contributed by atoms with E-state index in [0.717, 1.165) is 12.8 Å². The van der Waals surface area contributed by atoms with Crippen molar-refractivity contribution >= 4 is 17.8 Å². The molecule has 0 saturated carbocycles. The van der Waals surface area contributed by atoms with Crippen molar-refractivity contribution in [1.82, 2.24) is 0 Å². The van der Waals surface area contributed by atoms with Gasteiger partial charge in [-0.3, -0.25) is 9.45 Å². The van der Waals surface area contributed by atoms with Crippen molar-refractivity contribution in [3.63, 3.8) is 0 Å². The molecule has 3 nitrogen and oxygen atoms in total. The van der Waals surface area contributed by atoms with Crippen LogP contribution in [0.25, 0.3) is 0 Å². The predicted octanol–water partition coefficient (Wildman–Crippen LogP) is 2.56. The van der Waals surface area contributed by atoms with Gasteiger partial charge in [0.2, 0.25) is 0 Å². The number of hydrogen-bond acceptors (Lipinski definition) is 2. The number of aliphatic carboxylic acids is 1. The summed E-state index contributed by atoms with van der Waals surface area (Å²) >= 11 is 3.64. The zero-order valence-electron chi connectivity index (χ0n) is 7.92. The first-order valence-electron chi connectivity index (χ1n) is 4.16. The average Bonchev–Trinajstić information content (AvgIpc) is 2.07. The van der Waals surface area contributed by atoms with Gasteiger partial charge in [-0.1, -0.05) is 32.6 Å². The third-order valence-corrected chi connectivity index (χ3v) is 1.49. The maximum atomic E-state index is 10.0. The third kappa shape index (κ3) is 24.5. The van der Waals surface area contributed by atoms with Gasteiger partial charge in [0.05, 0.1) is 11.9 Å². The van der Waals surface area contributed by atoms with Gasteiger partial charge in [0, 0.05) is 32.6 Å². The van der Waals surface area contributed by atoms with Crippen molar-refractivity contribution in [2.75, 3.05) is 0 Å². The molecule has 78 valence electrons. The van der Waals surface area contributed by atoms with Crippen LogP contribution < -0.4 is 0 Å². The van der Waals surface area contributed by atoms with E-state index >= 15 is 0 Å². The number of unbranched alkanes of at least 4 members (excludes halogenated alkanes) is 4. The van der Waals surface area contributed by atoms with Gasteiger partial charge < -0.3 is 5.11 Å². The van der Waals surface area contributed by atoms with Crippen molar-refractivity contribution in [2.45, 2.75) is 45.4 Å². The van der Waals surface area contributed by atoms with Crippen LogP contribution in [0.5, 0.6) is 0 Å². The topological polar surface area (TPSA) is 57.5 Å². The molecule has 0 radical (unpaired) electrons. The standard InChI is InChI=1S/C8H16O2.ClHO.Zr/c1-2-3-4-5-6-7-8(9)10;1-2;/h2-7H2,1H3,(H,9,10);2H;. The first kappa shape index (κ1) is 19.2. The van der Waals surface area contributed by atoms with E-state index in [4.69, 9.17) is 9.77 Å². The largest absolute Gasteiger partial charge is 0.481 e. The minimum Gasteiger partial charge on any atom is -0.481 e. The fourth-order valence-corrected chi connectivity index (χ4v) is 0.880. The summed E-state index contributed by atoms with van der Waals surface area (Å²) in [6.45, 7) is 2.15. The first-order valence-corrected chi connectivity index (χ1v) is 4.50. The van der Waals surface area contributed by atoms with Crippen LogP contribution in [0.4, 0.5) is 0 Å². The SMILES string of the molecule is CCCCCCCC(=O)O.OCl.[Zr]. The Bertz CT molecular complexity index is 101. The monoisotopic (exact) mass is 286 g/mol. The maximum Gasteiger partial charge on any atom is 0.303 e. The van der Waals surface area contributed by atoms with Crippen LogP contribution in [0.1, 0.15) is 45.4 Å². The van der Waals surface area contributed by atoms with Crippen LogP contribution in [0.2, 0.25) is 0 Å². The predicted molar refractivity (Wildman–Crippen MR) is 49.1 cm³/mol. The molecule has 0 saturated heterocycles. The molecule has 0 aromatic rings. The quantitative estimate of drug-likeness (QED) is 0.738. The van der Waals surface area contributed by atoms with Crippen molar-refractivity contribution in [1.29, 1.82) is 0 Å². The third-order valence-electron chi connectivity index (χ3n) is 1.49. The number of carbonyl (C=O) groups is 1. The molecule has 0 unspecified atom stereocenters. The van der Waals surface area contributed by atoms with Gasteiger partial charge in [-0.25, -0.2) is 0 Å². The molecule has 0 aromatic carbocycles. The van der Waals surface area contributed by atoms with Gasteiger partial charge in [-0.05, 0) is 6.42 Å². The smallest absolute Gasteiger partial charge is 0.303 e. The van der Waals surface area contributed by atoms with E-state index in [1.165, 1.54) is 19.3 Å². The molecule has 0 heterocycles. The summed E-state index contributed by atoms with van der Waals surface area (Å²) in [6, 6.07) is 0. The Morgan fingerprint density at radius 1 is 1.15 bits per heavy atom. The summed E-state index contributed by atoms with van der Waals surface area (Å²) in [5.74, 6) is -0.670. The summed E-state index contributed by atoms with van der Waals surface area (Å²) in [7, 11) is 0. The van der Waals surface area contributed by atoms with E-state index in [1.807, 2.05) is 0 Å². The summed E-state index contributed by atoms with van der Waals surface area (Å²) < 4.78 is 6.47. The minimum absolute atomic E-state index is 0. The molecule has 0 aliphatic heterocycles. The Morgan fingerprint density at radius 3 is 2.00 bits per heavy atom. The number of hydrogen-bond donors (Lipinski definition) is 2. The number of halogens is 1. The van der Waals surface area contributed by atoms with E-state index < -0.39 is 5.97 Å². The molecule has 0 spiro atoms. The second-order valence-electron chi connectivity index (χ2n) is 2.56. The maximum absolute atomic E-state index is 10.0. The summed E-state index contributed by atoms with van der Waals surface area (Å²) in [4.78, 5) is 10.0. The summed E-state index contributed by atoms with van der Waals surface area (Å²) in [5, 5.41) is 8.27. The van der Waals surface area contributed by atoms with Crippen LogP contribution in [0.3, 0.4) is 0 Å². The Kier molecular flexibility index (Phi) is 27.2. The molecule has 0 bridgehead atoms. The van der Waals surface area contributed by atoms with E-state index in [-0.39, 0.29) is 26.2 Å². The summed E-state index contributed by atoms with van der Waals surface area (Å²) in [5.41, 5.74) is 0. The van der Waals surface area contributed by atoms with Crippen LogP contribution >= 0.6 is 11.9 Å². The van der Waals surface area contributed by atoms with Gasteiger partial charge in [-0.15, -0.1) is 0 Å². The normalized spacial score (nSPS) is 7.92. The van der Waals surface area contributed by atoms with Gasteiger partial charge in [0.15, 0.2) is 0 Å². The number of carboxylic acid groups (broad SMARTS) is 1. The molecular weight excluding hydrogens is 271 g/mol. The molecular formula is C8H17ClO3Zr. The van der Waals surface area contributed by atoms with Crippen molar-refractivity contribution in [2.24, 2.45) is 0 Å². The minimum atomic E-state index is -0.670. The Labute approximate surface area is 104 Å². The molecule has 0 aliphatic carbocycles. The van der Waals surface area contributed by atoms with E-state index in [9.17, 15) is 4.79 Å². The molecule has 13 heavy (non-hydrogen) atoms. The van der Waals surface area contributed by atoms with Gasteiger partial charge >= 0.3 is 5.97 Å². The molecule has 0 amide bonds. The van der Waals surface area contributed by atoms with Crippen LogP contribution in [-0.2, 0) is 31.0 Å². The molecule has 0 atom stereocenters. The Hall–Kier alpha value is 0.603. The summed E-state index contributed by atoms with van der Waals surface area (Å²) in [6.07, 6.45) is 5.88. The Balaban J connectivity index is -0.000000309. The van der Waals surface area contributed by atoms with Gasteiger partial charge in [-0.2, -0.15) is 0 Å². The molecule has 2 N–H and O–H groups in total. The second-order valence-corrected chi connectivity index (χ2v) is 2.56.